The van der Waals surface area contributed by atoms with Gasteiger partial charge in [-0.05, 0) is 86.7 Å². The summed E-state index contributed by atoms with van der Waals surface area (Å²) in [6.45, 7) is 6.84. The minimum atomic E-state index is -0.718. The third-order valence-electron chi connectivity index (χ3n) is 7.36. The number of carbonyl (C=O) groups excluding carboxylic acids is 1. The van der Waals surface area contributed by atoms with Gasteiger partial charge in [-0.2, -0.15) is 0 Å². The summed E-state index contributed by atoms with van der Waals surface area (Å²) >= 11 is 0. The number of methoxy groups -OCH3 is 1. The van der Waals surface area contributed by atoms with Crippen molar-refractivity contribution >= 4 is 17.3 Å². The summed E-state index contributed by atoms with van der Waals surface area (Å²) < 4.78 is 31.6. The molecule has 3 aliphatic rings. The number of carbonyl (C=O) groups is 1. The maximum absolute atomic E-state index is 13.7. The Morgan fingerprint density at radius 3 is 2.62 bits per heavy atom. The number of hydroxylamine groups is 1. The predicted molar refractivity (Wildman–Crippen MR) is 137 cm³/mol. The zero-order valence-corrected chi connectivity index (χ0v) is 21.6. The minimum Gasteiger partial charge on any atom is -0.490 e. The zero-order chi connectivity index (χ0) is 26.3. The molecule has 1 saturated carbocycles. The molecule has 2 aromatic carbocycles. The smallest absolute Gasteiger partial charge is 0.309 e. The van der Waals surface area contributed by atoms with E-state index in [-0.39, 0.29) is 29.7 Å². The number of ether oxygens (including phenoxy) is 3. The monoisotopic (exact) mass is 508 g/mol. The second-order valence-corrected chi connectivity index (χ2v) is 10.3. The van der Waals surface area contributed by atoms with Crippen LogP contribution in [-0.2, 0) is 19.1 Å². The van der Waals surface area contributed by atoms with Crippen LogP contribution in [0.3, 0.4) is 0 Å². The Hall–Kier alpha value is -3.20. The number of hydrazine groups is 1. The average molecular weight is 509 g/mol. The number of esters is 1. The van der Waals surface area contributed by atoms with E-state index in [1.165, 1.54) is 24.4 Å². The van der Waals surface area contributed by atoms with Gasteiger partial charge in [0.15, 0.2) is 5.76 Å². The Morgan fingerprint density at radius 1 is 1.22 bits per heavy atom. The number of nitrogens with two attached hydrogens (primary N) is 1. The molecule has 1 fully saturated rings. The van der Waals surface area contributed by atoms with Crippen LogP contribution in [0.4, 0.5) is 4.39 Å². The zero-order valence-electron chi connectivity index (χ0n) is 21.6. The molecular formula is C29H33FN2O5. The first kappa shape index (κ1) is 25.4. The molecule has 1 aliphatic carbocycles. The maximum atomic E-state index is 13.7. The van der Waals surface area contributed by atoms with Gasteiger partial charge in [0.1, 0.15) is 11.6 Å². The van der Waals surface area contributed by atoms with Crippen LogP contribution < -0.4 is 10.6 Å². The van der Waals surface area contributed by atoms with Gasteiger partial charge in [-0.3, -0.25) is 4.79 Å². The lowest BCUT2D eigenvalue weighted by Crippen LogP contribution is -2.34. The highest BCUT2D eigenvalue weighted by Crippen LogP contribution is 2.54. The normalized spacial score (nSPS) is 25.6. The summed E-state index contributed by atoms with van der Waals surface area (Å²) in [4.78, 5) is 18.5. The van der Waals surface area contributed by atoms with Gasteiger partial charge < -0.3 is 19.0 Å². The number of rotatable bonds is 6. The summed E-state index contributed by atoms with van der Waals surface area (Å²) in [6.07, 6.45) is 3.36. The lowest BCUT2D eigenvalue weighted by atomic mass is 9.79. The molecule has 0 aromatic heterocycles. The van der Waals surface area contributed by atoms with Crippen molar-refractivity contribution in [3.63, 3.8) is 0 Å². The minimum absolute atomic E-state index is 0.0214. The molecule has 0 radical (unpaired) electrons. The van der Waals surface area contributed by atoms with Crippen LogP contribution in [0.25, 0.3) is 11.3 Å². The van der Waals surface area contributed by atoms with Gasteiger partial charge in [0.05, 0.1) is 37.9 Å². The second-order valence-electron chi connectivity index (χ2n) is 10.3. The molecule has 0 saturated heterocycles. The highest BCUT2D eigenvalue weighted by atomic mass is 19.1. The van der Waals surface area contributed by atoms with Crippen LogP contribution in [0.15, 0.2) is 54.1 Å². The van der Waals surface area contributed by atoms with Gasteiger partial charge in [-0.1, -0.05) is 17.3 Å². The van der Waals surface area contributed by atoms with E-state index in [1.807, 2.05) is 39.0 Å². The Bertz CT molecular complexity index is 1260. The Balaban J connectivity index is 1.58. The number of nitrogens with zero attached hydrogens (tertiary/aromatic N) is 1. The average Bonchev–Trinajstić information content (AvgIpc) is 3.56. The SMILES string of the molecule is COC(=O)[C@H]1CC[C@@]2(C=C(c3cc(C4=C(C)CN(N)O4)ccc3OC(C)C)CO2)[C@@H]1c1ccc(F)cc1. The van der Waals surface area contributed by atoms with Crippen molar-refractivity contribution in [3.8, 4) is 5.75 Å². The third-order valence-corrected chi connectivity index (χ3v) is 7.36. The van der Waals surface area contributed by atoms with Gasteiger partial charge in [0.25, 0.3) is 0 Å². The van der Waals surface area contributed by atoms with Crippen LogP contribution in [0, 0.1) is 11.7 Å². The molecule has 2 N–H and O–H groups in total. The first-order valence-corrected chi connectivity index (χ1v) is 12.6. The van der Waals surface area contributed by atoms with E-state index in [1.54, 1.807) is 12.1 Å². The van der Waals surface area contributed by atoms with E-state index in [9.17, 15) is 9.18 Å². The maximum Gasteiger partial charge on any atom is 0.309 e. The quantitative estimate of drug-likeness (QED) is 0.435. The molecule has 1 spiro atoms. The molecule has 2 heterocycles. The number of hydrogen-bond acceptors (Lipinski definition) is 7. The predicted octanol–water partition coefficient (Wildman–Crippen LogP) is 4.98. The Kier molecular flexibility index (Phi) is 6.83. The first-order valence-electron chi connectivity index (χ1n) is 12.6. The van der Waals surface area contributed by atoms with Crippen molar-refractivity contribution in [1.82, 2.24) is 5.17 Å². The second kappa shape index (κ2) is 9.93. The standard InChI is InChI=1S/C29H33FN2O5/c1-17(2)36-25-10-7-20(27-18(3)15-32(31)37-27)13-24(25)21-14-29(35-16-21)12-11-23(28(33)34-4)26(29)19-5-8-22(30)9-6-19/h5-10,13-14,17,23,26H,11-12,15-16,31H2,1-4H3/t23-,26+,29+/m0/s1. The van der Waals surface area contributed by atoms with E-state index in [2.05, 4.69) is 6.08 Å². The molecule has 8 heteroatoms. The lowest BCUT2D eigenvalue weighted by Gasteiger charge is -2.31. The summed E-state index contributed by atoms with van der Waals surface area (Å²) in [6, 6.07) is 12.3. The van der Waals surface area contributed by atoms with E-state index < -0.39 is 5.60 Å². The van der Waals surface area contributed by atoms with Crippen molar-refractivity contribution in [2.45, 2.75) is 51.2 Å². The number of halogens is 1. The summed E-state index contributed by atoms with van der Waals surface area (Å²) in [5.74, 6) is 6.04. The van der Waals surface area contributed by atoms with Gasteiger partial charge in [0, 0.05) is 17.0 Å². The highest BCUT2D eigenvalue weighted by molar-refractivity contribution is 5.79. The fourth-order valence-electron chi connectivity index (χ4n) is 5.81. The molecule has 0 bridgehead atoms. The fraction of sp³-hybridized carbons (Fsp3) is 0.414. The molecule has 37 heavy (non-hydrogen) atoms. The van der Waals surface area contributed by atoms with Crippen molar-refractivity contribution in [3.05, 3.63) is 76.6 Å². The van der Waals surface area contributed by atoms with Crippen molar-refractivity contribution in [2.24, 2.45) is 11.8 Å². The van der Waals surface area contributed by atoms with E-state index >= 15 is 0 Å². The van der Waals surface area contributed by atoms with Crippen LogP contribution in [0.5, 0.6) is 5.75 Å². The highest BCUT2D eigenvalue weighted by Gasteiger charge is 2.54. The molecule has 2 aliphatic heterocycles. The van der Waals surface area contributed by atoms with Gasteiger partial charge in [-0.25, -0.2) is 10.2 Å². The van der Waals surface area contributed by atoms with Crippen LogP contribution >= 0.6 is 0 Å². The summed E-state index contributed by atoms with van der Waals surface area (Å²) in [7, 11) is 1.40. The molecular weight excluding hydrogens is 475 g/mol. The summed E-state index contributed by atoms with van der Waals surface area (Å²) in [5.41, 5.74) is 3.93. The van der Waals surface area contributed by atoms with Crippen LogP contribution in [0.2, 0.25) is 0 Å². The largest absolute Gasteiger partial charge is 0.490 e. The molecule has 196 valence electrons. The fourth-order valence-corrected chi connectivity index (χ4v) is 5.81. The molecule has 3 atom stereocenters. The van der Waals surface area contributed by atoms with Gasteiger partial charge >= 0.3 is 5.97 Å². The molecule has 0 unspecified atom stereocenters. The van der Waals surface area contributed by atoms with Gasteiger partial charge in [0.2, 0.25) is 0 Å². The number of benzene rings is 2. The Labute approximate surface area is 216 Å². The van der Waals surface area contributed by atoms with Gasteiger partial charge in [-0.15, -0.1) is 0 Å². The number of hydrogen-bond donors (Lipinski definition) is 1. The van der Waals surface area contributed by atoms with E-state index in [4.69, 9.17) is 24.9 Å². The first-order chi connectivity index (χ1) is 17.7. The van der Waals surface area contributed by atoms with E-state index in [0.29, 0.717) is 26.0 Å². The van der Waals surface area contributed by atoms with Crippen molar-refractivity contribution in [2.75, 3.05) is 20.3 Å². The molecule has 5 rings (SSSR count). The van der Waals surface area contributed by atoms with Crippen molar-refractivity contribution < 1.29 is 28.2 Å². The Morgan fingerprint density at radius 2 is 1.97 bits per heavy atom. The third kappa shape index (κ3) is 4.77. The lowest BCUT2D eigenvalue weighted by molar-refractivity contribution is -0.146. The van der Waals surface area contributed by atoms with E-state index in [0.717, 1.165) is 39.3 Å². The molecule has 7 nitrogen and oxygen atoms in total. The topological polar surface area (TPSA) is 83.3 Å². The van der Waals surface area contributed by atoms with Crippen LogP contribution in [0.1, 0.15) is 56.2 Å². The summed E-state index contributed by atoms with van der Waals surface area (Å²) in [5, 5.41) is 1.31. The molecule has 0 amide bonds. The van der Waals surface area contributed by atoms with Crippen molar-refractivity contribution in [1.29, 1.82) is 0 Å². The molecule has 2 aromatic rings. The van der Waals surface area contributed by atoms with Crippen LogP contribution in [-0.4, -0.2) is 43.1 Å².